The molecule has 2 aromatic carbocycles. The Kier molecular flexibility index (Phi) is 8.42. The lowest BCUT2D eigenvalue weighted by atomic mass is 9.92. The van der Waals surface area contributed by atoms with E-state index in [0.29, 0.717) is 49.9 Å². The highest BCUT2D eigenvalue weighted by molar-refractivity contribution is 6.31. The Labute approximate surface area is 242 Å². The molecule has 0 radical (unpaired) electrons. The highest BCUT2D eigenvalue weighted by Gasteiger charge is 2.40. The normalized spacial score (nSPS) is 19.8. The number of aryl methyl sites for hydroxylation is 1. The molecule has 2 amide bonds. The fourth-order valence-corrected chi connectivity index (χ4v) is 5.89. The molecule has 0 N–H and O–H groups in total. The number of hydrogen-bond donors (Lipinski definition) is 0. The van der Waals surface area contributed by atoms with Crippen LogP contribution in [-0.2, 0) is 12.7 Å². The van der Waals surface area contributed by atoms with Crippen LogP contribution >= 0.6 is 11.6 Å². The van der Waals surface area contributed by atoms with E-state index in [1.807, 2.05) is 65.1 Å². The van der Waals surface area contributed by atoms with E-state index in [9.17, 15) is 22.4 Å². The molecular weight excluding hydrogens is 558 g/mol. The summed E-state index contributed by atoms with van der Waals surface area (Å²) in [7, 11) is 1.86. The molecule has 1 aromatic heterocycles. The molecular formula is C30H32ClF4N5O. The van der Waals surface area contributed by atoms with Gasteiger partial charge in [0.15, 0.2) is 0 Å². The molecule has 2 aliphatic rings. The number of piperazine rings is 1. The average molecular weight is 590 g/mol. The van der Waals surface area contributed by atoms with Crippen molar-refractivity contribution in [1.29, 1.82) is 0 Å². The highest BCUT2D eigenvalue weighted by Crippen LogP contribution is 2.35. The molecule has 11 heteroatoms. The lowest BCUT2D eigenvalue weighted by Gasteiger charge is -2.37. The number of carbonyl (C=O) groups is 1. The third kappa shape index (κ3) is 6.43. The topological polar surface area (TPSA) is 42.9 Å². The number of rotatable bonds is 5. The van der Waals surface area contributed by atoms with Gasteiger partial charge in [0.05, 0.1) is 5.56 Å². The van der Waals surface area contributed by atoms with Crippen molar-refractivity contribution >= 4 is 23.4 Å². The zero-order valence-corrected chi connectivity index (χ0v) is 23.7. The smallest absolute Gasteiger partial charge is 0.353 e. The summed E-state index contributed by atoms with van der Waals surface area (Å²) in [5, 5.41) is 0.649. The summed E-state index contributed by atoms with van der Waals surface area (Å²) >= 11 is 6.28. The highest BCUT2D eigenvalue weighted by atomic mass is 35.5. The number of halogens is 5. The monoisotopic (exact) mass is 589 g/mol. The largest absolute Gasteiger partial charge is 0.419 e. The maximum Gasteiger partial charge on any atom is 0.419 e. The van der Waals surface area contributed by atoms with Gasteiger partial charge in [-0.1, -0.05) is 35.9 Å². The number of amides is 2. The van der Waals surface area contributed by atoms with Crippen LogP contribution in [0.5, 0.6) is 0 Å². The number of hydrogen-bond acceptors (Lipinski definition) is 4. The number of urea groups is 1. The van der Waals surface area contributed by atoms with Gasteiger partial charge in [-0.2, -0.15) is 13.2 Å². The van der Waals surface area contributed by atoms with Gasteiger partial charge >= 0.3 is 12.2 Å². The van der Waals surface area contributed by atoms with E-state index in [1.165, 1.54) is 6.07 Å². The Bertz CT molecular complexity index is 1380. The second-order valence-electron chi connectivity index (χ2n) is 10.8. The minimum Gasteiger partial charge on any atom is -0.353 e. The SMILES string of the molecule is Cc1cc([C@H]2CN(C(=O)N3CCN(c4ccccn4)CC3)CC2N(C)Cc2ccc(C(F)(F)F)c(F)c2)ccc1Cl. The molecule has 2 fully saturated rings. The van der Waals surface area contributed by atoms with Gasteiger partial charge in [0.25, 0.3) is 0 Å². The average Bonchev–Trinajstić information content (AvgIpc) is 3.40. The number of aromatic nitrogens is 1. The molecule has 3 aromatic rings. The van der Waals surface area contributed by atoms with Gasteiger partial charge in [-0.3, -0.25) is 4.90 Å². The molecule has 0 spiro atoms. The predicted molar refractivity (Wildman–Crippen MR) is 151 cm³/mol. The van der Waals surface area contributed by atoms with Crippen LogP contribution in [0.2, 0.25) is 5.02 Å². The first-order valence-electron chi connectivity index (χ1n) is 13.5. The zero-order valence-electron chi connectivity index (χ0n) is 22.9. The van der Waals surface area contributed by atoms with Crippen molar-refractivity contribution in [2.75, 3.05) is 51.2 Å². The van der Waals surface area contributed by atoms with Crippen LogP contribution in [0.4, 0.5) is 28.2 Å². The molecule has 2 saturated heterocycles. The first-order valence-corrected chi connectivity index (χ1v) is 13.9. The number of nitrogens with zero attached hydrogens (tertiary/aromatic N) is 5. The standard InChI is InChI=1S/C30H32ClF4N5O/c1-20-15-22(7-9-25(20)31)23-18-40(29(41)39-13-11-38(12-14-39)28-5-3-4-10-36-28)19-27(23)37(2)17-21-6-8-24(26(32)16-21)30(33,34)35/h3-10,15-16,23,27H,11-14,17-19H2,1-2H3/t23-,27?/m1/s1. The molecule has 0 saturated carbocycles. The van der Waals surface area contributed by atoms with E-state index in [2.05, 4.69) is 9.88 Å². The Morgan fingerprint density at radius 2 is 1.78 bits per heavy atom. The van der Waals surface area contributed by atoms with Crippen molar-refractivity contribution < 1.29 is 22.4 Å². The van der Waals surface area contributed by atoms with E-state index in [0.717, 1.165) is 29.1 Å². The second-order valence-corrected chi connectivity index (χ2v) is 11.2. The maximum atomic E-state index is 14.3. The van der Waals surface area contributed by atoms with Crippen molar-refractivity contribution in [2.45, 2.75) is 31.6 Å². The first-order chi connectivity index (χ1) is 19.5. The molecule has 5 rings (SSSR count). The Hall–Kier alpha value is -3.37. The van der Waals surface area contributed by atoms with Gasteiger partial charge in [0, 0.05) is 69.0 Å². The maximum absolute atomic E-state index is 14.3. The van der Waals surface area contributed by atoms with Gasteiger partial charge in [-0.15, -0.1) is 0 Å². The quantitative estimate of drug-likeness (QED) is 0.340. The summed E-state index contributed by atoms with van der Waals surface area (Å²) in [6.07, 6.45) is -2.99. The van der Waals surface area contributed by atoms with Gasteiger partial charge in [-0.25, -0.2) is 14.2 Å². The molecule has 0 aliphatic carbocycles. The molecule has 3 heterocycles. The number of pyridine rings is 1. The minimum absolute atomic E-state index is 0.0437. The lowest BCUT2D eigenvalue weighted by molar-refractivity contribution is -0.140. The Morgan fingerprint density at radius 3 is 2.41 bits per heavy atom. The summed E-state index contributed by atoms with van der Waals surface area (Å²) < 4.78 is 53.5. The molecule has 41 heavy (non-hydrogen) atoms. The van der Waals surface area contributed by atoms with Crippen LogP contribution in [0.15, 0.2) is 60.8 Å². The molecule has 2 atom stereocenters. The predicted octanol–water partition coefficient (Wildman–Crippen LogP) is 6.04. The van der Waals surface area contributed by atoms with Crippen LogP contribution < -0.4 is 4.90 Å². The summed E-state index contributed by atoms with van der Waals surface area (Å²) in [4.78, 5) is 25.9. The van der Waals surface area contributed by atoms with E-state index in [4.69, 9.17) is 11.6 Å². The summed E-state index contributed by atoms with van der Waals surface area (Å²) in [6, 6.07) is 14.4. The minimum atomic E-state index is -4.75. The van der Waals surface area contributed by atoms with E-state index >= 15 is 0 Å². The molecule has 2 aliphatic heterocycles. The summed E-state index contributed by atoms with van der Waals surface area (Å²) in [5.74, 6) is -0.462. The van der Waals surface area contributed by atoms with E-state index < -0.39 is 17.6 Å². The number of benzene rings is 2. The first kappa shape index (κ1) is 29.1. The van der Waals surface area contributed by atoms with Gasteiger partial charge in [0.1, 0.15) is 11.6 Å². The molecule has 0 bridgehead atoms. The lowest BCUT2D eigenvalue weighted by Crippen LogP contribution is -2.53. The van der Waals surface area contributed by atoms with Crippen LogP contribution in [0, 0.1) is 12.7 Å². The summed E-state index contributed by atoms with van der Waals surface area (Å²) in [5.41, 5.74) is 1.10. The molecule has 6 nitrogen and oxygen atoms in total. The fraction of sp³-hybridized carbons (Fsp3) is 0.400. The van der Waals surface area contributed by atoms with Crippen molar-refractivity contribution in [3.63, 3.8) is 0 Å². The van der Waals surface area contributed by atoms with Crippen molar-refractivity contribution in [2.24, 2.45) is 0 Å². The Morgan fingerprint density at radius 1 is 1.02 bits per heavy atom. The van der Waals surface area contributed by atoms with Gasteiger partial charge in [0.2, 0.25) is 0 Å². The van der Waals surface area contributed by atoms with E-state index in [1.54, 1.807) is 6.20 Å². The number of carbonyl (C=O) groups excluding carboxylic acids is 1. The van der Waals surface area contributed by atoms with Crippen LogP contribution in [-0.4, -0.2) is 78.1 Å². The fourth-order valence-electron chi connectivity index (χ4n) is 5.78. The molecule has 218 valence electrons. The second kappa shape index (κ2) is 11.9. The van der Waals surface area contributed by atoms with Crippen LogP contribution in [0.3, 0.4) is 0 Å². The van der Waals surface area contributed by atoms with Gasteiger partial charge < -0.3 is 14.7 Å². The number of alkyl halides is 3. The third-order valence-electron chi connectivity index (χ3n) is 8.03. The number of likely N-dealkylation sites (N-methyl/N-ethyl adjacent to an activating group) is 1. The number of likely N-dealkylation sites (tertiary alicyclic amines) is 1. The van der Waals surface area contributed by atoms with E-state index in [-0.39, 0.29) is 24.5 Å². The summed E-state index contributed by atoms with van der Waals surface area (Å²) in [6.45, 7) is 5.58. The van der Waals surface area contributed by atoms with Crippen molar-refractivity contribution in [1.82, 2.24) is 19.7 Å². The Balaban J connectivity index is 1.32. The van der Waals surface area contributed by atoms with Crippen molar-refractivity contribution in [3.05, 3.63) is 93.9 Å². The zero-order chi connectivity index (χ0) is 29.3. The van der Waals surface area contributed by atoms with Gasteiger partial charge in [-0.05, 0) is 61.0 Å². The van der Waals surface area contributed by atoms with Crippen molar-refractivity contribution in [3.8, 4) is 0 Å². The molecule has 1 unspecified atom stereocenters. The van der Waals surface area contributed by atoms with Crippen LogP contribution in [0.1, 0.15) is 28.2 Å². The third-order valence-corrected chi connectivity index (χ3v) is 8.45. The number of anilines is 1. The van der Waals surface area contributed by atoms with Crippen LogP contribution in [0.25, 0.3) is 0 Å².